The molecule has 208 valence electrons. The molecule has 1 aromatic carbocycles. The Hall–Kier alpha value is -3.80. The van der Waals surface area contributed by atoms with Crippen molar-refractivity contribution in [1.82, 2.24) is 25.0 Å². The van der Waals surface area contributed by atoms with Crippen LogP contribution in [0.15, 0.2) is 41.9 Å². The summed E-state index contributed by atoms with van der Waals surface area (Å²) in [4.78, 5) is 60.4. The van der Waals surface area contributed by atoms with Crippen LogP contribution in [0.5, 0.6) is 0 Å². The van der Waals surface area contributed by atoms with Crippen LogP contribution in [0.4, 0.5) is 0 Å². The summed E-state index contributed by atoms with van der Waals surface area (Å²) in [7, 11) is 0. The predicted octanol–water partition coefficient (Wildman–Crippen LogP) is 1.11. The van der Waals surface area contributed by atoms with E-state index in [0.717, 1.165) is 25.7 Å². The largest absolute Gasteiger partial charge is 0.370 e. The van der Waals surface area contributed by atoms with Crippen molar-refractivity contribution in [2.24, 2.45) is 11.7 Å². The van der Waals surface area contributed by atoms with Gasteiger partial charge in [-0.1, -0.05) is 30.3 Å². The van der Waals surface area contributed by atoms with Gasteiger partial charge in [0.15, 0.2) is 11.0 Å². The Morgan fingerprint density at radius 2 is 1.90 bits per heavy atom. The molecule has 12 heteroatoms. The maximum absolute atomic E-state index is 13.2. The Balaban J connectivity index is 1.32. The molecule has 0 radical (unpaired) electrons. The molecule has 3 amide bonds. The number of nitrogens with zero attached hydrogens (tertiary/aromatic N) is 4. The van der Waals surface area contributed by atoms with E-state index in [1.807, 2.05) is 30.3 Å². The number of Topliss-reactive ketones (excluding diaryl/α,β-unsaturated/α-hetero) is 1. The monoisotopic (exact) mass is 553 g/mol. The Bertz CT molecular complexity index is 1170. The number of piperazine rings is 1. The molecule has 0 spiro atoms. The molecule has 0 saturated carbocycles. The van der Waals surface area contributed by atoms with Crippen molar-refractivity contribution in [3.8, 4) is 0 Å². The van der Waals surface area contributed by atoms with Crippen LogP contribution in [0.1, 0.15) is 41.0 Å². The van der Waals surface area contributed by atoms with Gasteiger partial charge in [0.25, 0.3) is 0 Å². The smallest absolute Gasteiger partial charge is 0.243 e. The number of thiazole rings is 1. The van der Waals surface area contributed by atoms with Crippen molar-refractivity contribution in [2.45, 2.75) is 38.1 Å². The van der Waals surface area contributed by atoms with E-state index >= 15 is 0 Å². The molecule has 39 heavy (non-hydrogen) atoms. The zero-order valence-electron chi connectivity index (χ0n) is 21.9. The van der Waals surface area contributed by atoms with Gasteiger partial charge < -0.3 is 25.8 Å². The van der Waals surface area contributed by atoms with Crippen LogP contribution in [0.2, 0.25) is 0 Å². The molecule has 0 aliphatic carbocycles. The average Bonchev–Trinajstić information content (AvgIpc) is 3.46. The lowest BCUT2D eigenvalue weighted by atomic mass is 9.90. The van der Waals surface area contributed by atoms with Gasteiger partial charge in [-0.15, -0.1) is 11.3 Å². The average molecular weight is 554 g/mol. The van der Waals surface area contributed by atoms with Gasteiger partial charge >= 0.3 is 0 Å². The molecular weight excluding hydrogens is 518 g/mol. The standard InChI is InChI=1S/C27H35N7O4S/c28-27(29)33-12-5-9-20(15-33)14-21(25(38)26-30-10-13-39-26)31-22(35)16-34-18-23(36)32(17-24(34)37)11-4-8-19-6-2-1-3-7-19/h1-3,6-7,10,13,20-21H,4-5,8-9,11-12,14-18H2,(H3,28,29)(H,31,35)/t20-,21-/m0/s1. The van der Waals surface area contributed by atoms with Crippen molar-refractivity contribution >= 4 is 40.8 Å². The van der Waals surface area contributed by atoms with Crippen molar-refractivity contribution in [2.75, 3.05) is 39.3 Å². The summed E-state index contributed by atoms with van der Waals surface area (Å²) >= 11 is 1.20. The summed E-state index contributed by atoms with van der Waals surface area (Å²) in [6.07, 6.45) is 5.15. The number of piperidine rings is 1. The van der Waals surface area contributed by atoms with E-state index < -0.39 is 11.9 Å². The molecule has 11 nitrogen and oxygen atoms in total. The molecule has 2 saturated heterocycles. The minimum atomic E-state index is -0.828. The van der Waals surface area contributed by atoms with Crippen molar-refractivity contribution in [3.05, 3.63) is 52.5 Å². The van der Waals surface area contributed by atoms with Gasteiger partial charge in [-0.2, -0.15) is 0 Å². The fourth-order valence-corrected chi connectivity index (χ4v) is 5.75. The van der Waals surface area contributed by atoms with Crippen LogP contribution in [-0.4, -0.2) is 94.5 Å². The third-order valence-electron chi connectivity index (χ3n) is 7.15. The highest BCUT2D eigenvalue weighted by Gasteiger charge is 2.33. The van der Waals surface area contributed by atoms with Crippen LogP contribution < -0.4 is 11.1 Å². The van der Waals surface area contributed by atoms with Crippen LogP contribution in [-0.2, 0) is 20.8 Å². The summed E-state index contributed by atoms with van der Waals surface area (Å²) in [6, 6.07) is 9.13. The number of aryl methyl sites for hydroxylation is 1. The lowest BCUT2D eigenvalue weighted by Gasteiger charge is -2.35. The van der Waals surface area contributed by atoms with Crippen LogP contribution in [0, 0.1) is 11.3 Å². The molecule has 4 rings (SSSR count). The first-order valence-electron chi connectivity index (χ1n) is 13.2. The van der Waals surface area contributed by atoms with E-state index in [9.17, 15) is 19.2 Å². The number of carbonyl (C=O) groups is 4. The lowest BCUT2D eigenvalue weighted by molar-refractivity contribution is -0.151. The summed E-state index contributed by atoms with van der Waals surface area (Å²) in [5.41, 5.74) is 6.84. The summed E-state index contributed by atoms with van der Waals surface area (Å²) in [6.45, 7) is 1.17. The number of rotatable bonds is 11. The molecule has 4 N–H and O–H groups in total. The Labute approximate surface area is 231 Å². The Morgan fingerprint density at radius 3 is 2.62 bits per heavy atom. The minimum absolute atomic E-state index is 0.00563. The number of hydrogen-bond acceptors (Lipinski definition) is 7. The van der Waals surface area contributed by atoms with Crippen molar-refractivity contribution in [3.63, 3.8) is 0 Å². The molecule has 2 aromatic rings. The maximum atomic E-state index is 13.2. The SMILES string of the molecule is N=C(N)N1CCC[C@@H](C[C@H](NC(=O)CN2CC(=O)N(CCCc3ccccc3)CC2=O)C(=O)c2nccs2)C1. The molecule has 0 unspecified atom stereocenters. The van der Waals surface area contributed by atoms with Gasteiger partial charge in [-0.05, 0) is 43.6 Å². The summed E-state index contributed by atoms with van der Waals surface area (Å²) in [5, 5.41) is 12.5. The van der Waals surface area contributed by atoms with Crippen LogP contribution >= 0.6 is 11.3 Å². The summed E-state index contributed by atoms with van der Waals surface area (Å²) < 4.78 is 0. The number of carbonyl (C=O) groups excluding carboxylic acids is 4. The zero-order chi connectivity index (χ0) is 27.8. The fraction of sp³-hybridized carbons (Fsp3) is 0.481. The van der Waals surface area contributed by atoms with Gasteiger partial charge in [-0.25, -0.2) is 4.98 Å². The topological polar surface area (TPSA) is 153 Å². The quantitative estimate of drug-likeness (QED) is 0.214. The molecule has 2 aliphatic heterocycles. The zero-order valence-corrected chi connectivity index (χ0v) is 22.7. The summed E-state index contributed by atoms with van der Waals surface area (Å²) in [5.74, 6) is -1.23. The van der Waals surface area contributed by atoms with Gasteiger partial charge in [-0.3, -0.25) is 24.6 Å². The number of nitrogens with two attached hydrogens (primary N) is 1. The second-order valence-corrected chi connectivity index (χ2v) is 10.9. The van der Waals surface area contributed by atoms with Crippen LogP contribution in [0.25, 0.3) is 0 Å². The fourth-order valence-electron chi connectivity index (χ4n) is 5.12. The number of guanidine groups is 1. The van der Waals surface area contributed by atoms with Crippen LogP contribution in [0.3, 0.4) is 0 Å². The molecule has 3 heterocycles. The molecule has 0 bridgehead atoms. The highest BCUT2D eigenvalue weighted by Crippen LogP contribution is 2.23. The van der Waals surface area contributed by atoms with Gasteiger partial charge in [0, 0.05) is 31.2 Å². The van der Waals surface area contributed by atoms with Crippen molar-refractivity contribution < 1.29 is 19.2 Å². The van der Waals surface area contributed by atoms with Gasteiger partial charge in [0.2, 0.25) is 23.5 Å². The number of likely N-dealkylation sites (tertiary alicyclic amines) is 1. The molecule has 2 fully saturated rings. The number of ketones is 1. The number of nitrogens with one attached hydrogen (secondary N) is 2. The first-order chi connectivity index (χ1) is 18.8. The highest BCUT2D eigenvalue weighted by molar-refractivity contribution is 7.11. The predicted molar refractivity (Wildman–Crippen MR) is 147 cm³/mol. The molecule has 2 aliphatic rings. The van der Waals surface area contributed by atoms with E-state index in [0.29, 0.717) is 31.1 Å². The third-order valence-corrected chi connectivity index (χ3v) is 7.94. The third kappa shape index (κ3) is 7.85. The Morgan fingerprint density at radius 1 is 1.15 bits per heavy atom. The van der Waals surface area contributed by atoms with E-state index in [2.05, 4.69) is 10.3 Å². The lowest BCUT2D eigenvalue weighted by Crippen LogP contribution is -2.57. The molecular formula is C27H35N7O4S. The van der Waals surface area contributed by atoms with Crippen molar-refractivity contribution in [1.29, 1.82) is 5.41 Å². The highest BCUT2D eigenvalue weighted by atomic mass is 32.1. The van der Waals surface area contributed by atoms with E-state index in [-0.39, 0.29) is 49.1 Å². The number of aromatic nitrogens is 1. The van der Waals surface area contributed by atoms with Gasteiger partial charge in [0.05, 0.1) is 12.6 Å². The minimum Gasteiger partial charge on any atom is -0.370 e. The Kier molecular flexibility index (Phi) is 9.64. The molecule has 1 aromatic heterocycles. The molecule has 2 atom stereocenters. The maximum Gasteiger partial charge on any atom is 0.243 e. The second-order valence-electron chi connectivity index (χ2n) is 10.1. The van der Waals surface area contributed by atoms with E-state index in [1.54, 1.807) is 16.5 Å². The van der Waals surface area contributed by atoms with Gasteiger partial charge in [0.1, 0.15) is 13.1 Å². The number of benzene rings is 1. The number of hydrogen-bond donors (Lipinski definition) is 3. The van der Waals surface area contributed by atoms with E-state index in [4.69, 9.17) is 11.1 Å². The number of amides is 3. The normalized spacial score (nSPS) is 18.7. The van der Waals surface area contributed by atoms with E-state index in [1.165, 1.54) is 26.7 Å². The second kappa shape index (κ2) is 13.3. The first kappa shape index (κ1) is 28.2. The first-order valence-corrected chi connectivity index (χ1v) is 14.1.